The van der Waals surface area contributed by atoms with Crippen LogP contribution in [0.1, 0.15) is 32.0 Å². The number of sulfonamides is 1. The predicted molar refractivity (Wildman–Crippen MR) is 117 cm³/mol. The van der Waals surface area contributed by atoms with E-state index in [1.54, 1.807) is 29.1 Å². The number of aromatic nitrogens is 4. The number of nitrogens with one attached hydrogen (secondary N) is 1. The van der Waals surface area contributed by atoms with E-state index < -0.39 is 10.0 Å². The SMILES string of the molecule is Cc1cc(NS(=O)(=O)c2ccc(C(C)(C)C)cc2)n(-c2cnnc3ccccc23)n1. The van der Waals surface area contributed by atoms with Crippen molar-refractivity contribution in [1.82, 2.24) is 20.0 Å². The average molecular weight is 422 g/mol. The van der Waals surface area contributed by atoms with Crippen molar-refractivity contribution in [2.45, 2.75) is 38.0 Å². The van der Waals surface area contributed by atoms with Crippen LogP contribution in [-0.2, 0) is 15.4 Å². The summed E-state index contributed by atoms with van der Waals surface area (Å²) in [5, 5.41) is 13.5. The summed E-state index contributed by atoms with van der Waals surface area (Å²) in [6.07, 6.45) is 1.57. The summed E-state index contributed by atoms with van der Waals surface area (Å²) in [7, 11) is -3.79. The highest BCUT2D eigenvalue weighted by Gasteiger charge is 2.21. The second-order valence-corrected chi connectivity index (χ2v) is 9.89. The molecule has 2 heterocycles. The van der Waals surface area contributed by atoms with Gasteiger partial charge in [0.05, 0.1) is 28.0 Å². The van der Waals surface area contributed by atoms with Gasteiger partial charge in [-0.2, -0.15) is 15.3 Å². The minimum absolute atomic E-state index is 0.0547. The number of nitrogens with zero attached hydrogens (tertiary/aromatic N) is 4. The molecule has 0 saturated heterocycles. The van der Waals surface area contributed by atoms with Crippen LogP contribution in [0.15, 0.2) is 65.7 Å². The fourth-order valence-corrected chi connectivity index (χ4v) is 4.28. The van der Waals surface area contributed by atoms with Crippen molar-refractivity contribution in [2.75, 3.05) is 4.72 Å². The largest absolute Gasteiger partial charge is 0.263 e. The second kappa shape index (κ2) is 7.21. The van der Waals surface area contributed by atoms with E-state index in [1.807, 2.05) is 43.3 Å². The summed E-state index contributed by atoms with van der Waals surface area (Å²) >= 11 is 0. The van der Waals surface area contributed by atoms with Gasteiger partial charge >= 0.3 is 0 Å². The Bertz CT molecular complexity index is 1310. The summed E-state index contributed by atoms with van der Waals surface area (Å²) in [6.45, 7) is 8.07. The van der Waals surface area contributed by atoms with Crippen LogP contribution in [0.2, 0.25) is 0 Å². The first-order valence-corrected chi connectivity index (χ1v) is 11.0. The van der Waals surface area contributed by atoms with Crippen molar-refractivity contribution in [2.24, 2.45) is 0 Å². The second-order valence-electron chi connectivity index (χ2n) is 8.21. The predicted octanol–water partition coefficient (Wildman–Crippen LogP) is 4.22. The molecule has 154 valence electrons. The molecule has 0 aliphatic heterocycles. The average Bonchev–Trinajstić information content (AvgIpc) is 3.06. The maximum Gasteiger partial charge on any atom is 0.263 e. The summed E-state index contributed by atoms with van der Waals surface area (Å²) in [4.78, 5) is 0.193. The lowest BCUT2D eigenvalue weighted by atomic mass is 9.87. The molecule has 0 unspecified atom stereocenters. The molecule has 7 nitrogen and oxygen atoms in total. The van der Waals surface area contributed by atoms with Gasteiger partial charge in [-0.25, -0.2) is 13.1 Å². The van der Waals surface area contributed by atoms with Gasteiger partial charge in [0.15, 0.2) is 0 Å². The highest BCUT2D eigenvalue weighted by Crippen LogP contribution is 2.27. The van der Waals surface area contributed by atoms with Crippen LogP contribution in [-0.4, -0.2) is 28.4 Å². The van der Waals surface area contributed by atoms with Crippen LogP contribution in [0.25, 0.3) is 16.6 Å². The Balaban J connectivity index is 1.74. The highest BCUT2D eigenvalue weighted by molar-refractivity contribution is 7.92. The molecule has 0 saturated carbocycles. The Morgan fingerprint density at radius 3 is 2.40 bits per heavy atom. The van der Waals surface area contributed by atoms with Gasteiger partial charge in [-0.05, 0) is 36.1 Å². The van der Waals surface area contributed by atoms with E-state index in [9.17, 15) is 8.42 Å². The molecule has 30 heavy (non-hydrogen) atoms. The van der Waals surface area contributed by atoms with Crippen molar-refractivity contribution in [3.8, 4) is 5.69 Å². The van der Waals surface area contributed by atoms with Crippen molar-refractivity contribution in [1.29, 1.82) is 0 Å². The lowest BCUT2D eigenvalue weighted by molar-refractivity contribution is 0.587. The Kier molecular flexibility index (Phi) is 4.82. The first-order chi connectivity index (χ1) is 14.1. The Morgan fingerprint density at radius 1 is 1.00 bits per heavy atom. The number of benzene rings is 2. The van der Waals surface area contributed by atoms with Crippen molar-refractivity contribution in [3.63, 3.8) is 0 Å². The Hall–Kier alpha value is -3.26. The summed E-state index contributed by atoms with van der Waals surface area (Å²) < 4.78 is 30.3. The van der Waals surface area contributed by atoms with E-state index in [1.165, 1.54) is 0 Å². The van der Waals surface area contributed by atoms with Crippen LogP contribution in [0.3, 0.4) is 0 Å². The van der Waals surface area contributed by atoms with E-state index in [0.717, 1.165) is 10.9 Å². The van der Waals surface area contributed by atoms with Gasteiger partial charge in [0.2, 0.25) is 0 Å². The molecule has 8 heteroatoms. The van der Waals surface area contributed by atoms with Crippen molar-refractivity contribution in [3.05, 3.63) is 72.1 Å². The minimum atomic E-state index is -3.79. The van der Waals surface area contributed by atoms with Crippen LogP contribution in [0, 0.1) is 6.92 Å². The van der Waals surface area contributed by atoms with E-state index in [2.05, 4.69) is 40.8 Å². The molecule has 0 spiro atoms. The molecular weight excluding hydrogens is 398 g/mol. The Labute approximate surface area is 175 Å². The van der Waals surface area contributed by atoms with E-state index >= 15 is 0 Å². The summed E-state index contributed by atoms with van der Waals surface area (Å²) in [5.41, 5.74) is 3.04. The molecule has 4 aromatic rings. The summed E-state index contributed by atoms with van der Waals surface area (Å²) in [5.74, 6) is 0.338. The zero-order valence-corrected chi connectivity index (χ0v) is 18.1. The molecule has 0 radical (unpaired) electrons. The number of hydrogen-bond acceptors (Lipinski definition) is 5. The van der Waals surface area contributed by atoms with Crippen LogP contribution >= 0.6 is 0 Å². The maximum atomic E-state index is 13.0. The maximum absolute atomic E-state index is 13.0. The van der Waals surface area contributed by atoms with Gasteiger partial charge in [-0.15, -0.1) is 0 Å². The van der Waals surface area contributed by atoms with Crippen LogP contribution < -0.4 is 4.72 Å². The highest BCUT2D eigenvalue weighted by atomic mass is 32.2. The first kappa shape index (κ1) is 20.0. The van der Waals surface area contributed by atoms with Gasteiger partial charge in [0, 0.05) is 11.5 Å². The summed E-state index contributed by atoms with van der Waals surface area (Å²) in [6, 6.07) is 16.2. The molecule has 1 N–H and O–H groups in total. The molecule has 0 aliphatic rings. The third-order valence-electron chi connectivity index (χ3n) is 4.85. The molecule has 2 aromatic carbocycles. The van der Waals surface area contributed by atoms with Gasteiger partial charge < -0.3 is 0 Å². The third-order valence-corrected chi connectivity index (χ3v) is 6.23. The van der Waals surface area contributed by atoms with Crippen LogP contribution in [0.4, 0.5) is 5.82 Å². The van der Waals surface area contributed by atoms with E-state index in [-0.39, 0.29) is 10.3 Å². The quantitative estimate of drug-likeness (QED) is 0.533. The molecule has 0 amide bonds. The molecule has 2 aromatic heterocycles. The fourth-order valence-electron chi connectivity index (χ4n) is 3.25. The van der Waals surface area contributed by atoms with Gasteiger partial charge in [0.1, 0.15) is 5.82 Å². The number of hydrogen-bond donors (Lipinski definition) is 1. The molecule has 0 bridgehead atoms. The smallest absolute Gasteiger partial charge is 0.263 e. The zero-order chi connectivity index (χ0) is 21.5. The fraction of sp³-hybridized carbons (Fsp3) is 0.227. The van der Waals surface area contributed by atoms with E-state index in [4.69, 9.17) is 0 Å². The van der Waals surface area contributed by atoms with Crippen molar-refractivity contribution < 1.29 is 8.42 Å². The number of aryl methyl sites for hydroxylation is 1. The minimum Gasteiger partial charge on any atom is -0.263 e. The van der Waals surface area contributed by atoms with Gasteiger partial charge in [-0.3, -0.25) is 4.72 Å². The molecule has 0 fully saturated rings. The Morgan fingerprint density at radius 2 is 1.70 bits per heavy atom. The normalized spacial score (nSPS) is 12.3. The number of fused-ring (bicyclic) bond motifs is 1. The topological polar surface area (TPSA) is 89.8 Å². The molecule has 0 atom stereocenters. The number of rotatable bonds is 4. The lowest BCUT2D eigenvalue weighted by Crippen LogP contribution is -2.17. The first-order valence-electron chi connectivity index (χ1n) is 9.56. The molecular formula is C22H23N5O2S. The van der Waals surface area contributed by atoms with Gasteiger partial charge in [0.25, 0.3) is 10.0 Å². The monoisotopic (exact) mass is 421 g/mol. The standard InChI is InChI=1S/C22H23N5O2S/c1-15-13-21(26-30(28,29)17-11-9-16(10-12-17)22(2,3)4)27(25-15)20-14-23-24-19-8-6-5-7-18(19)20/h5-14,26H,1-4H3. The van der Waals surface area contributed by atoms with Gasteiger partial charge in [-0.1, -0.05) is 51.1 Å². The van der Waals surface area contributed by atoms with Crippen molar-refractivity contribution >= 4 is 26.7 Å². The third kappa shape index (κ3) is 3.78. The molecule has 4 rings (SSSR count). The molecule has 0 aliphatic carbocycles. The number of anilines is 1. The lowest BCUT2D eigenvalue weighted by Gasteiger charge is -2.19. The zero-order valence-electron chi connectivity index (χ0n) is 17.3. The van der Waals surface area contributed by atoms with Crippen LogP contribution in [0.5, 0.6) is 0 Å². The van der Waals surface area contributed by atoms with E-state index in [0.29, 0.717) is 22.7 Å².